The summed E-state index contributed by atoms with van der Waals surface area (Å²) in [5, 5.41) is 0. The molecule has 0 aliphatic heterocycles. The molecule has 2 aromatic carbocycles. The van der Waals surface area contributed by atoms with Crippen molar-refractivity contribution in [1.82, 2.24) is 0 Å². The normalized spacial score (nSPS) is 12.1. The van der Waals surface area contributed by atoms with Crippen LogP contribution in [-0.2, 0) is 25.7 Å². The lowest BCUT2D eigenvalue weighted by molar-refractivity contribution is 0.709. The Morgan fingerprint density at radius 3 is 1.21 bits per heavy atom. The van der Waals surface area contributed by atoms with Gasteiger partial charge in [-0.15, -0.1) is 0 Å². The molecule has 0 saturated carbocycles. The topological polar surface area (TPSA) is 24.7 Å². The largest absolute Gasteiger partial charge is 0.255 e. The molecule has 0 unspecified atom stereocenters. The standard InChI is InChI=1S/C36H56N2/c1-6-11-15-19-30-23-31(20-16-12-7-2)26-35(25-30)37-29-34(10-5)38-36-27-32(21-17-13-8-3)24-33(28-36)22-18-14-9-4/h23-29H,6-22H2,1-5H3. The Morgan fingerprint density at radius 2 is 0.868 bits per heavy atom. The summed E-state index contributed by atoms with van der Waals surface area (Å²) in [7, 11) is 0. The van der Waals surface area contributed by atoms with Gasteiger partial charge >= 0.3 is 0 Å². The van der Waals surface area contributed by atoms with E-state index in [1.54, 1.807) is 0 Å². The molecule has 0 heterocycles. The lowest BCUT2D eigenvalue weighted by Crippen LogP contribution is -1.98. The maximum atomic E-state index is 5.10. The molecule has 0 bridgehead atoms. The molecule has 0 aliphatic rings. The van der Waals surface area contributed by atoms with Crippen molar-refractivity contribution < 1.29 is 0 Å². The highest BCUT2D eigenvalue weighted by Gasteiger charge is 2.05. The lowest BCUT2D eigenvalue weighted by Gasteiger charge is -2.09. The molecular formula is C36H56N2. The van der Waals surface area contributed by atoms with E-state index in [1.807, 2.05) is 6.21 Å². The van der Waals surface area contributed by atoms with Crippen molar-refractivity contribution in [2.45, 2.75) is 144 Å². The van der Waals surface area contributed by atoms with Crippen LogP contribution in [0.5, 0.6) is 0 Å². The van der Waals surface area contributed by atoms with Gasteiger partial charge in [0.2, 0.25) is 0 Å². The zero-order valence-corrected chi connectivity index (χ0v) is 25.5. The second-order valence-corrected chi connectivity index (χ2v) is 11.1. The molecule has 0 amide bonds. The highest BCUT2D eigenvalue weighted by Crippen LogP contribution is 2.24. The fourth-order valence-corrected chi connectivity index (χ4v) is 5.03. The Morgan fingerprint density at radius 1 is 0.500 bits per heavy atom. The number of aliphatic imine (C=N–C) groups is 2. The molecule has 2 aromatic rings. The van der Waals surface area contributed by atoms with Crippen molar-refractivity contribution in [3.8, 4) is 0 Å². The molecule has 0 N–H and O–H groups in total. The maximum absolute atomic E-state index is 5.10. The number of nitrogens with zero attached hydrogens (tertiary/aromatic N) is 2. The molecule has 0 aromatic heterocycles. The molecule has 2 nitrogen and oxygen atoms in total. The summed E-state index contributed by atoms with van der Waals surface area (Å²) < 4.78 is 0. The molecular weight excluding hydrogens is 460 g/mol. The summed E-state index contributed by atoms with van der Waals surface area (Å²) in [6.07, 6.45) is 22.8. The monoisotopic (exact) mass is 516 g/mol. The fourth-order valence-electron chi connectivity index (χ4n) is 5.03. The van der Waals surface area contributed by atoms with Crippen molar-refractivity contribution in [2.24, 2.45) is 9.98 Å². The second-order valence-electron chi connectivity index (χ2n) is 11.1. The number of benzene rings is 2. The van der Waals surface area contributed by atoms with E-state index in [0.29, 0.717) is 0 Å². The predicted molar refractivity (Wildman–Crippen MR) is 171 cm³/mol. The van der Waals surface area contributed by atoms with Crippen LogP contribution < -0.4 is 0 Å². The van der Waals surface area contributed by atoms with Gasteiger partial charge in [-0.05, 0) is 104 Å². The third kappa shape index (κ3) is 13.0. The first-order valence-corrected chi connectivity index (χ1v) is 16.0. The van der Waals surface area contributed by atoms with Gasteiger partial charge in [-0.1, -0.05) is 98.1 Å². The first-order valence-electron chi connectivity index (χ1n) is 16.0. The van der Waals surface area contributed by atoms with E-state index in [4.69, 9.17) is 9.98 Å². The third-order valence-electron chi connectivity index (χ3n) is 7.35. The van der Waals surface area contributed by atoms with Crippen LogP contribution in [0.2, 0.25) is 0 Å². The molecule has 38 heavy (non-hydrogen) atoms. The Labute approximate surface area is 235 Å². The van der Waals surface area contributed by atoms with Crippen molar-refractivity contribution in [2.75, 3.05) is 0 Å². The molecule has 0 aliphatic carbocycles. The van der Waals surface area contributed by atoms with Crippen molar-refractivity contribution >= 4 is 23.3 Å². The van der Waals surface area contributed by atoms with Gasteiger partial charge < -0.3 is 0 Å². The third-order valence-corrected chi connectivity index (χ3v) is 7.35. The van der Waals surface area contributed by atoms with Gasteiger partial charge in [-0.2, -0.15) is 0 Å². The number of unbranched alkanes of at least 4 members (excludes halogenated alkanes) is 8. The molecule has 2 heteroatoms. The van der Waals surface area contributed by atoms with Gasteiger partial charge in [-0.25, -0.2) is 0 Å². The van der Waals surface area contributed by atoms with Crippen LogP contribution in [-0.4, -0.2) is 11.9 Å². The zero-order valence-electron chi connectivity index (χ0n) is 25.5. The summed E-state index contributed by atoms with van der Waals surface area (Å²) in [5.74, 6) is 0. The SMILES string of the molecule is CCCCCc1cc(CCCCC)cc(N=CC(CC)=Nc2cc(CCCCC)cc(CCCCC)c2)c1. The summed E-state index contributed by atoms with van der Waals surface area (Å²) in [5.41, 5.74) is 8.99. The Hall–Kier alpha value is -2.22. The number of rotatable bonds is 20. The van der Waals surface area contributed by atoms with Gasteiger partial charge in [0.25, 0.3) is 0 Å². The molecule has 2 rings (SSSR count). The Balaban J connectivity index is 2.27. The summed E-state index contributed by atoms with van der Waals surface area (Å²) in [6, 6.07) is 14.1. The molecule has 0 saturated heterocycles. The maximum Gasteiger partial charge on any atom is 0.0639 e. The van der Waals surface area contributed by atoms with Crippen LogP contribution in [0.15, 0.2) is 46.4 Å². The average molecular weight is 517 g/mol. The van der Waals surface area contributed by atoms with E-state index in [0.717, 1.165) is 49.2 Å². The highest BCUT2D eigenvalue weighted by atomic mass is 14.8. The van der Waals surface area contributed by atoms with E-state index in [2.05, 4.69) is 71.0 Å². The average Bonchev–Trinajstić information content (AvgIpc) is 2.91. The van der Waals surface area contributed by atoms with Crippen LogP contribution in [0.4, 0.5) is 11.4 Å². The fraction of sp³-hybridized carbons (Fsp3) is 0.611. The predicted octanol–water partition coefficient (Wildman–Crippen LogP) is 11.5. The van der Waals surface area contributed by atoms with Crippen molar-refractivity contribution in [3.05, 3.63) is 58.7 Å². The lowest BCUT2D eigenvalue weighted by atomic mass is 10.00. The van der Waals surface area contributed by atoms with E-state index < -0.39 is 0 Å². The summed E-state index contributed by atoms with van der Waals surface area (Å²) in [4.78, 5) is 10.1. The first kappa shape index (κ1) is 32.0. The van der Waals surface area contributed by atoms with Gasteiger partial charge in [0.15, 0.2) is 0 Å². The van der Waals surface area contributed by atoms with Gasteiger partial charge in [0.1, 0.15) is 0 Å². The van der Waals surface area contributed by atoms with Crippen LogP contribution in [0.3, 0.4) is 0 Å². The van der Waals surface area contributed by atoms with Gasteiger partial charge in [0, 0.05) is 6.21 Å². The van der Waals surface area contributed by atoms with Crippen LogP contribution in [0, 0.1) is 0 Å². The molecule has 0 spiro atoms. The second kappa shape index (κ2) is 19.8. The van der Waals surface area contributed by atoms with Crippen molar-refractivity contribution in [1.29, 1.82) is 0 Å². The minimum atomic E-state index is 0.883. The van der Waals surface area contributed by atoms with Crippen LogP contribution in [0.1, 0.15) is 140 Å². The summed E-state index contributed by atoms with van der Waals surface area (Å²) >= 11 is 0. The molecule has 210 valence electrons. The van der Waals surface area contributed by atoms with E-state index in [-0.39, 0.29) is 0 Å². The minimum absolute atomic E-state index is 0.883. The van der Waals surface area contributed by atoms with Crippen LogP contribution >= 0.6 is 0 Å². The van der Waals surface area contributed by atoms with E-state index >= 15 is 0 Å². The Bertz CT molecular complexity index is 913. The highest BCUT2D eigenvalue weighted by molar-refractivity contribution is 6.31. The van der Waals surface area contributed by atoms with E-state index in [1.165, 1.54) is 99.3 Å². The summed E-state index contributed by atoms with van der Waals surface area (Å²) in [6.45, 7) is 11.3. The van der Waals surface area contributed by atoms with Crippen LogP contribution in [0.25, 0.3) is 0 Å². The number of hydrogen-bond acceptors (Lipinski definition) is 2. The quantitative estimate of drug-likeness (QED) is 0.123. The molecule has 0 atom stereocenters. The first-order chi connectivity index (χ1) is 18.6. The smallest absolute Gasteiger partial charge is 0.0639 e. The Kier molecular flexibility index (Phi) is 16.7. The molecule has 0 fully saturated rings. The number of aryl methyl sites for hydroxylation is 4. The van der Waals surface area contributed by atoms with E-state index in [9.17, 15) is 0 Å². The minimum Gasteiger partial charge on any atom is -0.255 e. The number of hydrogen-bond donors (Lipinski definition) is 0. The zero-order chi connectivity index (χ0) is 27.4. The van der Waals surface area contributed by atoms with Crippen molar-refractivity contribution in [3.63, 3.8) is 0 Å². The molecule has 0 radical (unpaired) electrons. The van der Waals surface area contributed by atoms with Gasteiger partial charge in [0.05, 0.1) is 17.1 Å². The van der Waals surface area contributed by atoms with Gasteiger partial charge in [-0.3, -0.25) is 9.98 Å².